The Kier molecular flexibility index (Phi) is 9.17. The van der Waals surface area contributed by atoms with Gasteiger partial charge in [0, 0.05) is 44.3 Å². The number of amidine groups is 1. The van der Waals surface area contributed by atoms with E-state index in [1.165, 1.54) is 21.8 Å². The maximum atomic E-state index is 5.35. The lowest BCUT2D eigenvalue weighted by Gasteiger charge is -2.25. The first-order chi connectivity index (χ1) is 30.2. The topological polar surface area (TPSA) is 55.1 Å². The predicted octanol–water partition coefficient (Wildman–Crippen LogP) is 13.4. The first-order valence-corrected chi connectivity index (χ1v) is 20.6. The van der Waals surface area contributed by atoms with Crippen LogP contribution in [-0.2, 0) is 0 Å². The molecule has 61 heavy (non-hydrogen) atoms. The Morgan fingerprint density at radius 1 is 0.393 bits per heavy atom. The molecule has 1 atom stereocenters. The highest BCUT2D eigenvalue weighted by Crippen LogP contribution is 2.38. The van der Waals surface area contributed by atoms with Gasteiger partial charge in [0.25, 0.3) is 0 Å². The van der Waals surface area contributed by atoms with Crippen LogP contribution in [0.5, 0.6) is 0 Å². The summed E-state index contributed by atoms with van der Waals surface area (Å²) in [5.74, 6) is 1.50. The summed E-state index contributed by atoms with van der Waals surface area (Å²) in [5.41, 5.74) is 14.3. The summed E-state index contributed by atoms with van der Waals surface area (Å²) in [6, 6.07) is 76.5. The Morgan fingerprint density at radius 2 is 0.918 bits per heavy atom. The summed E-state index contributed by atoms with van der Waals surface area (Å²) in [5, 5.41) is 6.20. The highest BCUT2D eigenvalue weighted by Gasteiger charge is 2.22. The molecule has 3 heterocycles. The van der Waals surface area contributed by atoms with Crippen molar-refractivity contribution in [3.63, 3.8) is 0 Å². The molecule has 0 bridgehead atoms. The summed E-state index contributed by atoms with van der Waals surface area (Å²) in [6.07, 6.45) is 2.24. The third-order valence-electron chi connectivity index (χ3n) is 11.4. The van der Waals surface area contributed by atoms with Crippen LogP contribution in [0.4, 0.5) is 0 Å². The summed E-state index contributed by atoms with van der Waals surface area (Å²) in [4.78, 5) is 15.8. The molecule has 1 unspecified atom stereocenters. The van der Waals surface area contributed by atoms with Crippen LogP contribution in [-0.4, -0.2) is 20.4 Å². The molecule has 0 radical (unpaired) electrons. The molecule has 0 saturated heterocycles. The molecule has 11 rings (SSSR count). The largest absolute Gasteiger partial charge is 0.359 e. The quantitative estimate of drug-likeness (QED) is 0.167. The van der Waals surface area contributed by atoms with Crippen LogP contribution in [0.15, 0.2) is 229 Å². The second kappa shape index (κ2) is 15.6. The van der Waals surface area contributed by atoms with E-state index in [0.29, 0.717) is 5.82 Å². The standard InChI is InChI=1S/C56H39N5/c1-5-18-38(19-6-1)49-36-51(59-55(57-49)40-22-9-3-10-23-40)44-32-43(42-26-17-27-46(35-42)61-53-30-15-13-28-47(53)48-29-14-16-31-54(48)61)33-45(34-44)52-37-50(39-20-7-2-8-21-39)58-56(60-52)41-24-11-4-12-25-41/h1-37,49H,(H,57,59). The molecule has 0 aliphatic carbocycles. The molecule has 0 amide bonds. The van der Waals surface area contributed by atoms with Crippen molar-refractivity contribution in [3.05, 3.63) is 241 Å². The number of para-hydroxylation sites is 2. The van der Waals surface area contributed by atoms with Gasteiger partial charge in [-0.3, -0.25) is 0 Å². The summed E-state index contributed by atoms with van der Waals surface area (Å²) in [7, 11) is 0. The first-order valence-electron chi connectivity index (χ1n) is 20.6. The lowest BCUT2D eigenvalue weighted by Crippen LogP contribution is -2.31. The second-order valence-corrected chi connectivity index (χ2v) is 15.3. The van der Waals surface area contributed by atoms with E-state index >= 15 is 0 Å². The van der Waals surface area contributed by atoms with Gasteiger partial charge in [-0.25, -0.2) is 15.0 Å². The first kappa shape index (κ1) is 36.0. The average Bonchev–Trinajstić information content (AvgIpc) is 3.69. The Labute approximate surface area is 354 Å². The van der Waals surface area contributed by atoms with Crippen LogP contribution in [0.2, 0.25) is 0 Å². The molecule has 10 aromatic rings. The van der Waals surface area contributed by atoms with Gasteiger partial charge in [0.15, 0.2) is 5.82 Å². The molecular weight excluding hydrogens is 743 g/mol. The summed E-state index contributed by atoms with van der Waals surface area (Å²) in [6.45, 7) is 0. The monoisotopic (exact) mass is 781 g/mol. The van der Waals surface area contributed by atoms with Crippen molar-refractivity contribution in [2.24, 2.45) is 4.99 Å². The lowest BCUT2D eigenvalue weighted by molar-refractivity contribution is 0.781. The maximum absolute atomic E-state index is 5.35. The van der Waals surface area contributed by atoms with Gasteiger partial charge in [-0.1, -0.05) is 170 Å². The Bertz CT molecular complexity index is 3150. The van der Waals surface area contributed by atoms with Crippen molar-refractivity contribution in [3.8, 4) is 50.7 Å². The molecule has 288 valence electrons. The van der Waals surface area contributed by atoms with Crippen molar-refractivity contribution in [2.45, 2.75) is 6.04 Å². The molecular formula is C56H39N5. The Morgan fingerprint density at radius 3 is 1.59 bits per heavy atom. The van der Waals surface area contributed by atoms with Gasteiger partial charge >= 0.3 is 0 Å². The van der Waals surface area contributed by atoms with Gasteiger partial charge < -0.3 is 9.88 Å². The van der Waals surface area contributed by atoms with Crippen LogP contribution in [0.1, 0.15) is 22.7 Å². The smallest absolute Gasteiger partial charge is 0.160 e. The predicted molar refractivity (Wildman–Crippen MR) is 251 cm³/mol. The molecule has 2 aromatic heterocycles. The van der Waals surface area contributed by atoms with Crippen LogP contribution in [0.25, 0.3) is 78.2 Å². The minimum absolute atomic E-state index is 0.0944. The van der Waals surface area contributed by atoms with E-state index in [1.807, 2.05) is 30.3 Å². The lowest BCUT2D eigenvalue weighted by atomic mass is 9.94. The maximum Gasteiger partial charge on any atom is 0.160 e. The van der Waals surface area contributed by atoms with Gasteiger partial charge in [0.2, 0.25) is 0 Å². The third kappa shape index (κ3) is 6.98. The SMILES string of the molecule is C1=C(c2cc(-c3cccc(-n4c5ccccc5c5ccccc54)c3)cc(-c3cc(-c4ccccc4)nc(-c4ccccc4)n3)c2)N=C(c2ccccc2)NC1c1ccccc1. The number of aliphatic imine (C=N–C) groups is 1. The zero-order chi connectivity index (χ0) is 40.5. The summed E-state index contributed by atoms with van der Waals surface area (Å²) < 4.78 is 2.37. The number of nitrogens with one attached hydrogen (secondary N) is 1. The van der Waals surface area contributed by atoms with E-state index in [9.17, 15) is 0 Å². The molecule has 0 saturated carbocycles. The van der Waals surface area contributed by atoms with Gasteiger partial charge in [-0.05, 0) is 71.3 Å². The van der Waals surface area contributed by atoms with Gasteiger partial charge in [-0.2, -0.15) is 0 Å². The number of benzene rings is 8. The molecule has 5 nitrogen and oxygen atoms in total. The minimum Gasteiger partial charge on any atom is -0.359 e. The number of aromatic nitrogens is 3. The zero-order valence-corrected chi connectivity index (χ0v) is 33.2. The van der Waals surface area contributed by atoms with Crippen LogP contribution in [0, 0.1) is 0 Å². The normalized spacial score (nSPS) is 13.7. The molecule has 8 aromatic carbocycles. The fraction of sp³-hybridized carbons (Fsp3) is 0.0179. The van der Waals surface area contributed by atoms with Crippen LogP contribution < -0.4 is 5.32 Å². The van der Waals surface area contributed by atoms with Crippen molar-refractivity contribution in [2.75, 3.05) is 0 Å². The van der Waals surface area contributed by atoms with E-state index in [0.717, 1.165) is 73.1 Å². The van der Waals surface area contributed by atoms with E-state index in [2.05, 4.69) is 204 Å². The van der Waals surface area contributed by atoms with E-state index in [1.54, 1.807) is 0 Å². The molecule has 1 N–H and O–H groups in total. The fourth-order valence-electron chi connectivity index (χ4n) is 8.46. The number of rotatable bonds is 8. The number of hydrogen-bond donors (Lipinski definition) is 1. The van der Waals surface area contributed by atoms with Crippen LogP contribution >= 0.6 is 0 Å². The van der Waals surface area contributed by atoms with Crippen molar-refractivity contribution in [1.82, 2.24) is 19.9 Å². The van der Waals surface area contributed by atoms with Crippen molar-refractivity contribution < 1.29 is 0 Å². The highest BCUT2D eigenvalue weighted by molar-refractivity contribution is 6.09. The van der Waals surface area contributed by atoms with E-state index in [4.69, 9.17) is 15.0 Å². The fourth-order valence-corrected chi connectivity index (χ4v) is 8.46. The van der Waals surface area contributed by atoms with Crippen molar-refractivity contribution in [1.29, 1.82) is 0 Å². The number of hydrogen-bond acceptors (Lipinski definition) is 4. The average molecular weight is 782 g/mol. The molecule has 5 heteroatoms. The number of fused-ring (bicyclic) bond motifs is 3. The van der Waals surface area contributed by atoms with Gasteiger partial charge in [0.05, 0.1) is 34.2 Å². The van der Waals surface area contributed by atoms with Crippen molar-refractivity contribution >= 4 is 33.3 Å². The highest BCUT2D eigenvalue weighted by atomic mass is 15.0. The Balaban J connectivity index is 1.14. The zero-order valence-electron chi connectivity index (χ0n) is 33.2. The minimum atomic E-state index is -0.0944. The van der Waals surface area contributed by atoms with E-state index in [-0.39, 0.29) is 6.04 Å². The summed E-state index contributed by atoms with van der Waals surface area (Å²) >= 11 is 0. The molecule has 1 aliphatic rings. The molecule has 1 aliphatic heterocycles. The van der Waals surface area contributed by atoms with Gasteiger partial charge in [0.1, 0.15) is 5.84 Å². The Hall–Kier alpha value is -8.15. The second-order valence-electron chi connectivity index (χ2n) is 15.3. The van der Waals surface area contributed by atoms with E-state index < -0.39 is 0 Å². The molecule has 0 fully saturated rings. The van der Waals surface area contributed by atoms with Gasteiger partial charge in [-0.15, -0.1) is 0 Å². The molecule has 0 spiro atoms. The third-order valence-corrected chi connectivity index (χ3v) is 11.4. The van der Waals surface area contributed by atoms with Crippen LogP contribution in [0.3, 0.4) is 0 Å². The number of nitrogens with zero attached hydrogens (tertiary/aromatic N) is 4.